The standard InChI is InChI=1S/C11H20N2O4/c1-5-13(6-2)10(15)8(4)12-9(14)11(16)17-7-3/h8H,5-7H2,1-4H3,(H,12,14). The van der Waals surface area contributed by atoms with Gasteiger partial charge in [0.2, 0.25) is 5.91 Å². The number of likely N-dealkylation sites (N-methyl/N-ethyl adjacent to an activating group) is 1. The Morgan fingerprint density at radius 1 is 1.18 bits per heavy atom. The highest BCUT2D eigenvalue weighted by atomic mass is 16.5. The van der Waals surface area contributed by atoms with Gasteiger partial charge in [-0.25, -0.2) is 4.79 Å². The van der Waals surface area contributed by atoms with Crippen molar-refractivity contribution in [3.05, 3.63) is 0 Å². The average molecular weight is 244 g/mol. The highest BCUT2D eigenvalue weighted by Gasteiger charge is 2.23. The van der Waals surface area contributed by atoms with Crippen LogP contribution in [0.15, 0.2) is 0 Å². The molecule has 0 aliphatic rings. The third-order valence-corrected chi connectivity index (χ3v) is 2.25. The zero-order chi connectivity index (χ0) is 13.4. The van der Waals surface area contributed by atoms with E-state index in [0.717, 1.165) is 0 Å². The molecule has 0 aliphatic heterocycles. The molecule has 0 saturated carbocycles. The fraction of sp³-hybridized carbons (Fsp3) is 0.727. The second kappa shape index (κ2) is 7.65. The molecule has 98 valence electrons. The maximum Gasteiger partial charge on any atom is 0.396 e. The van der Waals surface area contributed by atoms with E-state index in [9.17, 15) is 14.4 Å². The number of nitrogens with zero attached hydrogens (tertiary/aromatic N) is 1. The molecule has 0 heterocycles. The van der Waals surface area contributed by atoms with Gasteiger partial charge in [-0.15, -0.1) is 0 Å². The second-order valence-electron chi connectivity index (χ2n) is 3.43. The number of esters is 1. The van der Waals surface area contributed by atoms with Crippen molar-refractivity contribution in [2.45, 2.75) is 33.7 Å². The van der Waals surface area contributed by atoms with Gasteiger partial charge in [0, 0.05) is 13.1 Å². The lowest BCUT2D eigenvalue weighted by atomic mass is 10.2. The molecule has 17 heavy (non-hydrogen) atoms. The number of hydrogen-bond donors (Lipinski definition) is 1. The minimum absolute atomic E-state index is 0.130. The molecule has 1 atom stereocenters. The van der Waals surface area contributed by atoms with Crippen molar-refractivity contribution >= 4 is 17.8 Å². The molecule has 0 radical (unpaired) electrons. The molecule has 6 heteroatoms. The van der Waals surface area contributed by atoms with Crippen LogP contribution in [0.4, 0.5) is 0 Å². The minimum atomic E-state index is -0.966. The van der Waals surface area contributed by atoms with Gasteiger partial charge in [0.25, 0.3) is 0 Å². The first-order chi connectivity index (χ1) is 7.97. The number of carbonyl (C=O) groups excluding carboxylic acids is 3. The zero-order valence-electron chi connectivity index (χ0n) is 10.8. The molecule has 0 spiro atoms. The van der Waals surface area contributed by atoms with Crippen molar-refractivity contribution in [2.24, 2.45) is 0 Å². The Morgan fingerprint density at radius 2 is 1.71 bits per heavy atom. The summed E-state index contributed by atoms with van der Waals surface area (Å²) in [7, 11) is 0. The smallest absolute Gasteiger partial charge is 0.396 e. The van der Waals surface area contributed by atoms with Crippen molar-refractivity contribution in [2.75, 3.05) is 19.7 Å². The molecular formula is C11H20N2O4. The van der Waals surface area contributed by atoms with E-state index in [4.69, 9.17) is 0 Å². The predicted molar refractivity (Wildman–Crippen MR) is 62.2 cm³/mol. The Kier molecular flexibility index (Phi) is 6.93. The molecule has 0 bridgehead atoms. The molecule has 0 aromatic carbocycles. The minimum Gasteiger partial charge on any atom is -0.459 e. The molecule has 1 N–H and O–H groups in total. The number of amides is 2. The number of hydrogen-bond acceptors (Lipinski definition) is 4. The Hall–Kier alpha value is -1.59. The normalized spacial score (nSPS) is 11.5. The summed E-state index contributed by atoms with van der Waals surface area (Å²) in [5.41, 5.74) is 0. The van der Waals surface area contributed by atoms with Crippen LogP contribution in [0.3, 0.4) is 0 Å². The molecule has 2 amide bonds. The first-order valence-electron chi connectivity index (χ1n) is 5.74. The van der Waals surface area contributed by atoms with Gasteiger partial charge in [0.05, 0.1) is 6.61 Å². The Morgan fingerprint density at radius 3 is 2.12 bits per heavy atom. The molecule has 0 saturated heterocycles. The SMILES string of the molecule is CCOC(=O)C(=O)NC(C)C(=O)N(CC)CC. The highest BCUT2D eigenvalue weighted by molar-refractivity contribution is 6.32. The van der Waals surface area contributed by atoms with E-state index >= 15 is 0 Å². The topological polar surface area (TPSA) is 75.7 Å². The lowest BCUT2D eigenvalue weighted by Gasteiger charge is -2.23. The van der Waals surface area contributed by atoms with Gasteiger partial charge in [-0.3, -0.25) is 9.59 Å². The summed E-state index contributed by atoms with van der Waals surface area (Å²) in [4.78, 5) is 35.7. The Balaban J connectivity index is 4.34. The van der Waals surface area contributed by atoms with E-state index in [1.165, 1.54) is 6.92 Å². The first kappa shape index (κ1) is 15.4. The van der Waals surface area contributed by atoms with Gasteiger partial charge in [-0.2, -0.15) is 0 Å². The monoisotopic (exact) mass is 244 g/mol. The zero-order valence-corrected chi connectivity index (χ0v) is 10.8. The molecule has 0 aliphatic carbocycles. The average Bonchev–Trinajstić information content (AvgIpc) is 2.30. The third kappa shape index (κ3) is 4.84. The van der Waals surface area contributed by atoms with Crippen molar-refractivity contribution in [1.29, 1.82) is 0 Å². The van der Waals surface area contributed by atoms with E-state index in [0.29, 0.717) is 13.1 Å². The van der Waals surface area contributed by atoms with E-state index in [-0.39, 0.29) is 12.5 Å². The summed E-state index contributed by atoms with van der Waals surface area (Å²) >= 11 is 0. The van der Waals surface area contributed by atoms with Crippen LogP contribution >= 0.6 is 0 Å². The maximum absolute atomic E-state index is 11.8. The van der Waals surface area contributed by atoms with E-state index in [1.54, 1.807) is 11.8 Å². The first-order valence-corrected chi connectivity index (χ1v) is 5.74. The van der Waals surface area contributed by atoms with Crippen molar-refractivity contribution < 1.29 is 19.1 Å². The fourth-order valence-electron chi connectivity index (χ4n) is 1.32. The van der Waals surface area contributed by atoms with Crippen LogP contribution in [0.1, 0.15) is 27.7 Å². The fourth-order valence-corrected chi connectivity index (χ4v) is 1.32. The van der Waals surface area contributed by atoms with E-state index in [2.05, 4.69) is 10.1 Å². The third-order valence-electron chi connectivity index (χ3n) is 2.25. The van der Waals surface area contributed by atoms with Crippen molar-refractivity contribution in [3.8, 4) is 0 Å². The molecule has 0 aromatic heterocycles. The Bertz CT molecular complexity index is 287. The predicted octanol–water partition coefficient (Wildman–Crippen LogP) is -0.0774. The summed E-state index contributed by atoms with van der Waals surface area (Å²) in [5, 5.41) is 2.31. The quantitative estimate of drug-likeness (QED) is 0.542. The second-order valence-corrected chi connectivity index (χ2v) is 3.43. The lowest BCUT2D eigenvalue weighted by molar-refractivity contribution is -0.155. The van der Waals surface area contributed by atoms with Crippen molar-refractivity contribution in [3.63, 3.8) is 0 Å². The summed E-state index contributed by atoms with van der Waals surface area (Å²) < 4.78 is 4.52. The van der Waals surface area contributed by atoms with Crippen LogP contribution in [-0.4, -0.2) is 48.4 Å². The van der Waals surface area contributed by atoms with Crippen LogP contribution in [0, 0.1) is 0 Å². The van der Waals surface area contributed by atoms with Crippen LogP contribution in [0.2, 0.25) is 0 Å². The molecule has 1 unspecified atom stereocenters. The van der Waals surface area contributed by atoms with Crippen LogP contribution in [-0.2, 0) is 19.1 Å². The van der Waals surface area contributed by atoms with Gasteiger partial charge in [-0.1, -0.05) is 0 Å². The summed E-state index contributed by atoms with van der Waals surface area (Å²) in [6.45, 7) is 8.10. The highest BCUT2D eigenvalue weighted by Crippen LogP contribution is 1.95. The number of carbonyl (C=O) groups is 3. The molecule has 0 aromatic rings. The van der Waals surface area contributed by atoms with Gasteiger partial charge in [-0.05, 0) is 27.7 Å². The number of nitrogens with one attached hydrogen (secondary N) is 1. The van der Waals surface area contributed by atoms with Gasteiger partial charge in [0.15, 0.2) is 0 Å². The van der Waals surface area contributed by atoms with E-state index in [1.807, 2.05) is 13.8 Å². The van der Waals surface area contributed by atoms with Crippen LogP contribution in [0.5, 0.6) is 0 Å². The lowest BCUT2D eigenvalue weighted by Crippen LogP contribution is -2.48. The van der Waals surface area contributed by atoms with E-state index < -0.39 is 17.9 Å². The maximum atomic E-state index is 11.8. The summed E-state index contributed by atoms with van der Waals surface area (Å²) in [6, 6.07) is -0.730. The molecule has 0 rings (SSSR count). The van der Waals surface area contributed by atoms with Gasteiger partial charge >= 0.3 is 11.9 Å². The van der Waals surface area contributed by atoms with Crippen LogP contribution in [0.25, 0.3) is 0 Å². The Labute approximate surface area is 101 Å². The summed E-state index contributed by atoms with van der Waals surface area (Å²) in [6.07, 6.45) is 0. The molecule has 0 fully saturated rings. The molecule has 6 nitrogen and oxygen atoms in total. The van der Waals surface area contributed by atoms with Gasteiger partial charge in [0.1, 0.15) is 6.04 Å². The summed E-state index contributed by atoms with van der Waals surface area (Å²) in [5.74, 6) is -2.07. The van der Waals surface area contributed by atoms with Crippen molar-refractivity contribution in [1.82, 2.24) is 10.2 Å². The molecular weight excluding hydrogens is 224 g/mol. The number of ether oxygens (including phenoxy) is 1. The van der Waals surface area contributed by atoms with Gasteiger partial charge < -0.3 is 15.0 Å². The van der Waals surface area contributed by atoms with Crippen LogP contribution < -0.4 is 5.32 Å². The number of rotatable bonds is 5. The largest absolute Gasteiger partial charge is 0.459 e.